The van der Waals surface area contributed by atoms with E-state index in [4.69, 9.17) is 21.6 Å². The van der Waals surface area contributed by atoms with Gasteiger partial charge in [0.15, 0.2) is 0 Å². The third-order valence-corrected chi connectivity index (χ3v) is 7.41. The van der Waals surface area contributed by atoms with Crippen molar-refractivity contribution in [2.75, 3.05) is 18.0 Å². The Balaban J connectivity index is 1.30. The lowest BCUT2D eigenvalue weighted by molar-refractivity contribution is 0.123. The van der Waals surface area contributed by atoms with Crippen molar-refractivity contribution in [2.45, 2.75) is 57.6 Å². The number of amides is 1. The number of piperidine rings is 1. The van der Waals surface area contributed by atoms with Gasteiger partial charge in [-0.15, -0.1) is 0 Å². The maximum atomic E-state index is 12.5. The molecule has 5 nitrogen and oxygen atoms in total. The number of rotatable bonds is 6. The highest BCUT2D eigenvalue weighted by Crippen LogP contribution is 2.34. The van der Waals surface area contributed by atoms with Gasteiger partial charge >= 0.3 is 6.09 Å². The maximum Gasteiger partial charge on any atom is 0.407 e. The van der Waals surface area contributed by atoms with E-state index in [0.717, 1.165) is 44.3 Å². The minimum Gasteiger partial charge on any atom is -0.445 e. The Morgan fingerprint density at radius 2 is 1.88 bits per heavy atom. The summed E-state index contributed by atoms with van der Waals surface area (Å²) >= 11 is 6.17. The number of nitriles is 1. The van der Waals surface area contributed by atoms with Crippen molar-refractivity contribution in [3.63, 3.8) is 0 Å². The summed E-state index contributed by atoms with van der Waals surface area (Å²) in [6, 6.07) is 17.7. The Morgan fingerprint density at radius 1 is 1.09 bits per heavy atom. The fraction of sp³-hybridized carbons (Fsp3) is 0.481. The van der Waals surface area contributed by atoms with Crippen LogP contribution >= 0.6 is 11.6 Å². The summed E-state index contributed by atoms with van der Waals surface area (Å²) in [6.07, 6.45) is 7.72. The minimum atomic E-state index is -0.352. The van der Waals surface area contributed by atoms with Crippen LogP contribution in [0.5, 0.6) is 0 Å². The largest absolute Gasteiger partial charge is 0.445 e. The molecule has 0 spiro atoms. The van der Waals surface area contributed by atoms with Crippen LogP contribution in [0.2, 0.25) is 5.02 Å². The SMILES string of the molecule is N#Cc1ccc(N2CCC[C@H](C[C@@H]3CCCC[C@H]3NC(=O)OCc3ccccc3Cl)C2)cc1. The second-order valence-electron chi connectivity index (χ2n) is 9.31. The van der Waals surface area contributed by atoms with Gasteiger partial charge in [0, 0.05) is 35.4 Å². The zero-order valence-corrected chi connectivity index (χ0v) is 19.8. The zero-order valence-electron chi connectivity index (χ0n) is 19.0. The van der Waals surface area contributed by atoms with Crippen LogP contribution in [0.3, 0.4) is 0 Å². The molecule has 174 valence electrons. The summed E-state index contributed by atoms with van der Waals surface area (Å²) < 4.78 is 5.48. The van der Waals surface area contributed by atoms with Gasteiger partial charge in [-0.05, 0) is 74.3 Å². The van der Waals surface area contributed by atoms with Crippen molar-refractivity contribution in [1.29, 1.82) is 5.26 Å². The van der Waals surface area contributed by atoms with Crippen molar-refractivity contribution in [3.05, 3.63) is 64.7 Å². The molecule has 1 amide bonds. The average Bonchev–Trinajstić information content (AvgIpc) is 2.85. The third-order valence-electron chi connectivity index (χ3n) is 7.05. The van der Waals surface area contributed by atoms with Gasteiger partial charge in [-0.3, -0.25) is 0 Å². The van der Waals surface area contributed by atoms with Crippen LogP contribution in [-0.4, -0.2) is 25.2 Å². The summed E-state index contributed by atoms with van der Waals surface area (Å²) in [6.45, 7) is 2.28. The molecule has 1 aliphatic heterocycles. The normalized spacial score (nSPS) is 22.9. The summed E-state index contributed by atoms with van der Waals surface area (Å²) in [5.74, 6) is 1.10. The molecule has 1 saturated carbocycles. The minimum absolute atomic E-state index is 0.169. The van der Waals surface area contributed by atoms with Crippen LogP contribution in [-0.2, 0) is 11.3 Å². The number of benzene rings is 2. The molecule has 2 aliphatic rings. The molecule has 6 heteroatoms. The summed E-state index contributed by atoms with van der Waals surface area (Å²) in [7, 11) is 0. The zero-order chi connectivity index (χ0) is 23.0. The molecule has 4 rings (SSSR count). The lowest BCUT2D eigenvalue weighted by atomic mass is 9.77. The van der Waals surface area contributed by atoms with E-state index in [1.807, 2.05) is 30.3 Å². The molecule has 2 fully saturated rings. The Hall–Kier alpha value is -2.71. The first-order chi connectivity index (χ1) is 16.1. The second-order valence-corrected chi connectivity index (χ2v) is 9.72. The highest BCUT2D eigenvalue weighted by Gasteiger charge is 2.31. The van der Waals surface area contributed by atoms with Crippen LogP contribution in [0.25, 0.3) is 0 Å². The van der Waals surface area contributed by atoms with Crippen LogP contribution in [0.15, 0.2) is 48.5 Å². The Bertz CT molecular complexity index is 972. The summed E-state index contributed by atoms with van der Waals surface area (Å²) in [4.78, 5) is 15.0. The Kier molecular flexibility index (Phi) is 8.12. The van der Waals surface area contributed by atoms with E-state index in [-0.39, 0.29) is 18.7 Å². The van der Waals surface area contributed by atoms with E-state index in [9.17, 15) is 4.79 Å². The lowest BCUT2D eigenvalue weighted by Gasteiger charge is -2.39. The molecule has 0 radical (unpaired) electrons. The molecule has 1 saturated heterocycles. The van der Waals surface area contributed by atoms with Crippen LogP contribution < -0.4 is 10.2 Å². The van der Waals surface area contributed by atoms with E-state index < -0.39 is 0 Å². The number of carbonyl (C=O) groups excluding carboxylic acids is 1. The number of carbonyl (C=O) groups is 1. The van der Waals surface area contributed by atoms with E-state index in [1.165, 1.54) is 24.9 Å². The first kappa shape index (κ1) is 23.4. The van der Waals surface area contributed by atoms with E-state index >= 15 is 0 Å². The number of alkyl carbamates (subject to hydrolysis) is 1. The molecule has 1 aliphatic carbocycles. The number of hydrogen-bond donors (Lipinski definition) is 1. The number of anilines is 1. The summed E-state index contributed by atoms with van der Waals surface area (Å²) in [5, 5.41) is 12.8. The molecule has 2 aromatic carbocycles. The number of nitrogens with one attached hydrogen (secondary N) is 1. The number of nitrogens with zero attached hydrogens (tertiary/aromatic N) is 2. The predicted octanol–water partition coefficient (Wildman–Crippen LogP) is 6.30. The van der Waals surface area contributed by atoms with Gasteiger partial charge in [0.1, 0.15) is 6.61 Å². The topological polar surface area (TPSA) is 65.4 Å². The first-order valence-corrected chi connectivity index (χ1v) is 12.4. The fourth-order valence-corrected chi connectivity index (χ4v) is 5.49. The molecule has 1 heterocycles. The van der Waals surface area contributed by atoms with Gasteiger partial charge in [0.05, 0.1) is 11.6 Å². The molecular formula is C27H32ClN3O2. The monoisotopic (exact) mass is 465 g/mol. The maximum absolute atomic E-state index is 12.5. The van der Waals surface area contributed by atoms with E-state index in [1.54, 1.807) is 6.07 Å². The van der Waals surface area contributed by atoms with Crippen molar-refractivity contribution in [3.8, 4) is 6.07 Å². The van der Waals surface area contributed by atoms with E-state index in [0.29, 0.717) is 22.4 Å². The van der Waals surface area contributed by atoms with Crippen LogP contribution in [0.1, 0.15) is 56.1 Å². The molecular weight excluding hydrogens is 434 g/mol. The molecule has 0 unspecified atom stereocenters. The number of ether oxygens (including phenoxy) is 1. The second kappa shape index (κ2) is 11.4. The lowest BCUT2D eigenvalue weighted by Crippen LogP contribution is -2.44. The van der Waals surface area contributed by atoms with Gasteiger partial charge < -0.3 is 15.0 Å². The smallest absolute Gasteiger partial charge is 0.407 e. The Labute approximate surface area is 201 Å². The molecule has 1 N–H and O–H groups in total. The van der Waals surface area contributed by atoms with Crippen molar-refractivity contribution in [1.82, 2.24) is 5.32 Å². The third kappa shape index (κ3) is 6.42. The standard InChI is InChI=1S/C27H32ClN3O2/c28-25-9-3-1-8-23(25)19-33-27(32)30-26-10-4-2-7-22(26)16-21-6-5-15-31(18-21)24-13-11-20(17-29)12-14-24/h1,3,8-9,11-14,21-22,26H,2,4-7,10,15-16,18-19H2,(H,30,32)/t21-,22+,26-/m1/s1. The summed E-state index contributed by atoms with van der Waals surface area (Å²) in [5.41, 5.74) is 2.71. The average molecular weight is 466 g/mol. The van der Waals surface area contributed by atoms with E-state index in [2.05, 4.69) is 28.4 Å². The van der Waals surface area contributed by atoms with Crippen molar-refractivity contribution >= 4 is 23.4 Å². The first-order valence-electron chi connectivity index (χ1n) is 12.0. The van der Waals surface area contributed by atoms with Gasteiger partial charge in [-0.1, -0.05) is 42.6 Å². The molecule has 3 atom stereocenters. The van der Waals surface area contributed by atoms with Crippen LogP contribution in [0.4, 0.5) is 10.5 Å². The molecule has 0 bridgehead atoms. The van der Waals surface area contributed by atoms with Gasteiger partial charge in [-0.2, -0.15) is 5.26 Å². The fourth-order valence-electron chi connectivity index (χ4n) is 5.30. The van der Waals surface area contributed by atoms with Gasteiger partial charge in [-0.25, -0.2) is 4.79 Å². The van der Waals surface area contributed by atoms with Gasteiger partial charge in [0.2, 0.25) is 0 Å². The van der Waals surface area contributed by atoms with Crippen molar-refractivity contribution in [2.24, 2.45) is 11.8 Å². The predicted molar refractivity (Wildman–Crippen MR) is 131 cm³/mol. The van der Waals surface area contributed by atoms with Crippen molar-refractivity contribution < 1.29 is 9.53 Å². The highest BCUT2D eigenvalue weighted by atomic mass is 35.5. The van der Waals surface area contributed by atoms with Gasteiger partial charge in [0.25, 0.3) is 0 Å². The number of halogens is 1. The Morgan fingerprint density at radius 3 is 2.67 bits per heavy atom. The molecule has 0 aromatic heterocycles. The molecule has 2 aromatic rings. The quantitative estimate of drug-likeness (QED) is 0.543. The number of hydrogen-bond acceptors (Lipinski definition) is 4. The highest BCUT2D eigenvalue weighted by molar-refractivity contribution is 6.31. The molecule has 33 heavy (non-hydrogen) atoms. The van der Waals surface area contributed by atoms with Crippen LogP contribution in [0, 0.1) is 23.2 Å².